The van der Waals surface area contributed by atoms with Crippen LogP contribution in [0.4, 0.5) is 11.5 Å². The Morgan fingerprint density at radius 2 is 2.18 bits per heavy atom. The molecular weight excluding hydrogens is 226 g/mol. The first-order valence-corrected chi connectivity index (χ1v) is 5.16. The number of pyridine rings is 1. The molecule has 1 aromatic heterocycles. The van der Waals surface area contributed by atoms with Crippen LogP contribution in [0.2, 0.25) is 0 Å². The fourth-order valence-electron chi connectivity index (χ4n) is 1.11. The molecule has 0 radical (unpaired) electrons. The molecule has 7 nitrogen and oxygen atoms in total. The normalized spacial score (nSPS) is 10.5. The van der Waals surface area contributed by atoms with Gasteiger partial charge in [0, 0.05) is 6.07 Å². The maximum atomic E-state index is 10.7. The van der Waals surface area contributed by atoms with Gasteiger partial charge in [-0.2, -0.15) is 4.98 Å². The number of nitrogen functional groups attached to an aromatic ring is 1. The van der Waals surface area contributed by atoms with Gasteiger partial charge in [-0.05, 0) is 19.9 Å². The van der Waals surface area contributed by atoms with E-state index >= 15 is 0 Å². The average molecular weight is 241 g/mol. The van der Waals surface area contributed by atoms with E-state index < -0.39 is 4.92 Å². The Balaban J connectivity index is 2.62. The van der Waals surface area contributed by atoms with Crippen molar-refractivity contribution < 1.29 is 14.4 Å². The highest BCUT2D eigenvalue weighted by atomic mass is 16.6. The number of aromatic nitrogens is 1. The molecule has 0 aliphatic heterocycles. The highest BCUT2D eigenvalue weighted by Gasteiger charge is 2.16. The van der Waals surface area contributed by atoms with Crippen LogP contribution < -0.4 is 10.5 Å². The van der Waals surface area contributed by atoms with Gasteiger partial charge in [-0.15, -0.1) is 0 Å². The molecule has 94 valence electrons. The second-order valence-corrected chi connectivity index (χ2v) is 3.59. The van der Waals surface area contributed by atoms with E-state index in [-0.39, 0.29) is 30.1 Å². The second kappa shape index (κ2) is 6.00. The van der Waals surface area contributed by atoms with E-state index in [2.05, 4.69) is 4.98 Å². The third-order valence-electron chi connectivity index (χ3n) is 1.83. The molecule has 0 aliphatic carbocycles. The Bertz CT molecular complexity index is 395. The molecule has 0 aromatic carbocycles. The van der Waals surface area contributed by atoms with Crippen LogP contribution in [0.1, 0.15) is 13.8 Å². The standard InChI is InChI=1S/C10H15N3O4/c1-7(2)16-5-6-17-10-8(13(14)15)3-4-9(11)12-10/h3-4,7H,5-6H2,1-2H3,(H2,11,12). The lowest BCUT2D eigenvalue weighted by Gasteiger charge is -2.08. The van der Waals surface area contributed by atoms with Crippen LogP contribution in [-0.2, 0) is 4.74 Å². The average Bonchev–Trinajstić information content (AvgIpc) is 2.23. The zero-order valence-electron chi connectivity index (χ0n) is 9.75. The topological polar surface area (TPSA) is 101 Å². The molecule has 2 N–H and O–H groups in total. The molecule has 17 heavy (non-hydrogen) atoms. The van der Waals surface area contributed by atoms with Crippen molar-refractivity contribution in [3.05, 3.63) is 22.2 Å². The lowest BCUT2D eigenvalue weighted by atomic mass is 10.4. The van der Waals surface area contributed by atoms with Crippen LogP contribution >= 0.6 is 0 Å². The van der Waals surface area contributed by atoms with E-state index in [1.54, 1.807) is 0 Å². The summed E-state index contributed by atoms with van der Waals surface area (Å²) in [6, 6.07) is 2.62. The van der Waals surface area contributed by atoms with Crippen LogP contribution in [-0.4, -0.2) is 29.2 Å². The summed E-state index contributed by atoms with van der Waals surface area (Å²) >= 11 is 0. The van der Waals surface area contributed by atoms with Gasteiger partial charge in [-0.3, -0.25) is 10.1 Å². The minimum atomic E-state index is -0.564. The number of nitro groups is 1. The maximum Gasteiger partial charge on any atom is 0.331 e. The highest BCUT2D eigenvalue weighted by Crippen LogP contribution is 2.24. The van der Waals surface area contributed by atoms with Crippen molar-refractivity contribution in [3.8, 4) is 5.88 Å². The van der Waals surface area contributed by atoms with E-state index in [1.807, 2.05) is 13.8 Å². The van der Waals surface area contributed by atoms with Gasteiger partial charge in [0.05, 0.1) is 17.6 Å². The molecule has 0 bridgehead atoms. The van der Waals surface area contributed by atoms with Crippen LogP contribution in [0.5, 0.6) is 5.88 Å². The number of rotatable bonds is 6. The molecule has 7 heteroatoms. The third-order valence-corrected chi connectivity index (χ3v) is 1.83. The smallest absolute Gasteiger partial charge is 0.331 e. The molecule has 0 amide bonds. The first-order chi connectivity index (χ1) is 8.00. The minimum Gasteiger partial charge on any atom is -0.470 e. The summed E-state index contributed by atoms with van der Waals surface area (Å²) in [5.41, 5.74) is 5.23. The lowest BCUT2D eigenvalue weighted by Crippen LogP contribution is -2.12. The molecule has 1 rings (SSSR count). The van der Waals surface area contributed by atoms with Gasteiger partial charge in [0.15, 0.2) is 0 Å². The van der Waals surface area contributed by atoms with Crippen molar-refractivity contribution in [1.82, 2.24) is 4.98 Å². The summed E-state index contributed by atoms with van der Waals surface area (Å²) < 4.78 is 10.4. The highest BCUT2D eigenvalue weighted by molar-refractivity contribution is 5.46. The predicted molar refractivity (Wildman–Crippen MR) is 61.9 cm³/mol. The van der Waals surface area contributed by atoms with Gasteiger partial charge in [0.2, 0.25) is 0 Å². The Morgan fingerprint density at radius 3 is 2.76 bits per heavy atom. The van der Waals surface area contributed by atoms with E-state index in [4.69, 9.17) is 15.2 Å². The van der Waals surface area contributed by atoms with E-state index in [0.29, 0.717) is 6.61 Å². The van der Waals surface area contributed by atoms with Crippen molar-refractivity contribution in [2.45, 2.75) is 20.0 Å². The van der Waals surface area contributed by atoms with Crippen LogP contribution in [0.25, 0.3) is 0 Å². The zero-order chi connectivity index (χ0) is 12.8. The number of hydrogen-bond donors (Lipinski definition) is 1. The Kier molecular flexibility index (Phi) is 4.65. The Morgan fingerprint density at radius 1 is 1.47 bits per heavy atom. The third kappa shape index (κ3) is 4.23. The number of anilines is 1. The van der Waals surface area contributed by atoms with Crippen molar-refractivity contribution >= 4 is 11.5 Å². The SMILES string of the molecule is CC(C)OCCOc1nc(N)ccc1[N+](=O)[O-]. The molecule has 0 saturated heterocycles. The Labute approximate surface area is 98.7 Å². The second-order valence-electron chi connectivity index (χ2n) is 3.59. The molecule has 0 spiro atoms. The van der Waals surface area contributed by atoms with Gasteiger partial charge in [0.25, 0.3) is 5.88 Å². The molecule has 0 aliphatic rings. The first-order valence-electron chi connectivity index (χ1n) is 5.16. The number of nitrogens with zero attached hydrogens (tertiary/aromatic N) is 2. The minimum absolute atomic E-state index is 0.0812. The molecule has 0 unspecified atom stereocenters. The Hall–Kier alpha value is -1.89. The summed E-state index contributed by atoms with van der Waals surface area (Å²) in [4.78, 5) is 13.9. The van der Waals surface area contributed by atoms with Gasteiger partial charge in [-0.1, -0.05) is 0 Å². The first kappa shape index (κ1) is 13.2. The van der Waals surface area contributed by atoms with Crippen molar-refractivity contribution in [3.63, 3.8) is 0 Å². The van der Waals surface area contributed by atoms with Gasteiger partial charge in [0.1, 0.15) is 12.4 Å². The predicted octanol–water partition coefficient (Wildman–Crippen LogP) is 1.38. The van der Waals surface area contributed by atoms with Gasteiger partial charge in [-0.25, -0.2) is 0 Å². The molecule has 0 atom stereocenters. The largest absolute Gasteiger partial charge is 0.470 e. The summed E-state index contributed by atoms with van der Waals surface area (Å²) in [5, 5.41) is 10.7. The molecule has 1 aromatic rings. The lowest BCUT2D eigenvalue weighted by molar-refractivity contribution is -0.386. The van der Waals surface area contributed by atoms with E-state index in [0.717, 1.165) is 0 Å². The number of hydrogen-bond acceptors (Lipinski definition) is 6. The molecule has 0 saturated carbocycles. The summed E-state index contributed by atoms with van der Waals surface area (Å²) in [7, 11) is 0. The monoisotopic (exact) mass is 241 g/mol. The summed E-state index contributed by atoms with van der Waals surface area (Å²) in [6.45, 7) is 4.31. The molecular formula is C10H15N3O4. The number of ether oxygens (including phenoxy) is 2. The van der Waals surface area contributed by atoms with Gasteiger partial charge < -0.3 is 15.2 Å². The van der Waals surface area contributed by atoms with Crippen molar-refractivity contribution in [2.24, 2.45) is 0 Å². The van der Waals surface area contributed by atoms with Crippen LogP contribution in [0.15, 0.2) is 12.1 Å². The fourth-order valence-corrected chi connectivity index (χ4v) is 1.11. The summed E-state index contributed by atoms with van der Waals surface area (Å²) in [5.74, 6) is 0.0951. The molecule has 0 fully saturated rings. The van der Waals surface area contributed by atoms with E-state index in [9.17, 15) is 10.1 Å². The maximum absolute atomic E-state index is 10.7. The number of nitrogens with two attached hydrogens (primary N) is 1. The van der Waals surface area contributed by atoms with E-state index in [1.165, 1.54) is 12.1 Å². The van der Waals surface area contributed by atoms with Crippen LogP contribution in [0.3, 0.4) is 0 Å². The molecule has 1 heterocycles. The van der Waals surface area contributed by atoms with Gasteiger partial charge >= 0.3 is 5.69 Å². The zero-order valence-corrected chi connectivity index (χ0v) is 9.75. The van der Waals surface area contributed by atoms with Crippen molar-refractivity contribution in [1.29, 1.82) is 0 Å². The fraction of sp³-hybridized carbons (Fsp3) is 0.500. The summed E-state index contributed by atoms with van der Waals surface area (Å²) in [6.07, 6.45) is 0.0855. The van der Waals surface area contributed by atoms with Crippen molar-refractivity contribution in [2.75, 3.05) is 18.9 Å². The van der Waals surface area contributed by atoms with Crippen LogP contribution in [0, 0.1) is 10.1 Å². The quantitative estimate of drug-likeness (QED) is 0.458.